The van der Waals surface area contributed by atoms with E-state index in [2.05, 4.69) is 10.3 Å². The predicted molar refractivity (Wildman–Crippen MR) is 74.6 cm³/mol. The molecule has 8 heteroatoms. The highest BCUT2D eigenvalue weighted by atomic mass is 32.2. The molecule has 0 saturated carbocycles. The Morgan fingerprint density at radius 1 is 1.24 bits per heavy atom. The van der Waals surface area contributed by atoms with Crippen LogP contribution in [0.3, 0.4) is 0 Å². The van der Waals surface area contributed by atoms with E-state index >= 15 is 0 Å². The molecule has 0 unspecified atom stereocenters. The molecule has 108 valence electrons. The van der Waals surface area contributed by atoms with Crippen molar-refractivity contribution in [3.8, 4) is 11.1 Å². The van der Waals surface area contributed by atoms with Gasteiger partial charge in [-0.1, -0.05) is 23.4 Å². The summed E-state index contributed by atoms with van der Waals surface area (Å²) in [6, 6.07) is 6.55. The van der Waals surface area contributed by atoms with E-state index < -0.39 is 10.0 Å². The normalized spacial score (nSPS) is 11.7. The second-order valence-corrected chi connectivity index (χ2v) is 6.03. The standard InChI is InChI=1S/C13H12N4O3S/c14-21(18,19)13-4-2-1-3-12(13)11-6-15-17(8-11)7-10-5-16-20-9-10/h1-6,8-9H,7H2,(H2,14,18,19). The number of sulfonamides is 1. The molecule has 2 aromatic heterocycles. The third-order valence-electron chi connectivity index (χ3n) is 2.97. The molecule has 3 rings (SSSR count). The van der Waals surface area contributed by atoms with Crippen molar-refractivity contribution in [3.05, 3.63) is 54.7 Å². The van der Waals surface area contributed by atoms with Crippen molar-refractivity contribution in [3.63, 3.8) is 0 Å². The lowest BCUT2D eigenvalue weighted by Crippen LogP contribution is -2.13. The number of hydrogen-bond donors (Lipinski definition) is 1. The van der Waals surface area contributed by atoms with E-state index in [4.69, 9.17) is 9.66 Å². The number of nitrogens with two attached hydrogens (primary N) is 1. The summed E-state index contributed by atoms with van der Waals surface area (Å²) in [5.41, 5.74) is 2.07. The number of aromatic nitrogens is 3. The van der Waals surface area contributed by atoms with E-state index in [1.165, 1.54) is 12.3 Å². The van der Waals surface area contributed by atoms with E-state index in [9.17, 15) is 8.42 Å². The average Bonchev–Trinajstić information content (AvgIpc) is 3.10. The predicted octanol–water partition coefficient (Wildman–Crippen LogP) is 1.23. The van der Waals surface area contributed by atoms with Gasteiger partial charge >= 0.3 is 0 Å². The molecule has 0 bridgehead atoms. The summed E-state index contributed by atoms with van der Waals surface area (Å²) in [5.74, 6) is 0. The Balaban J connectivity index is 1.97. The molecule has 0 amide bonds. The Bertz CT molecular complexity index is 853. The summed E-state index contributed by atoms with van der Waals surface area (Å²) in [5, 5.41) is 13.1. The molecule has 0 spiro atoms. The molecule has 21 heavy (non-hydrogen) atoms. The second kappa shape index (κ2) is 5.15. The third-order valence-corrected chi connectivity index (χ3v) is 3.93. The molecule has 3 aromatic rings. The van der Waals surface area contributed by atoms with Crippen LogP contribution in [0.1, 0.15) is 5.56 Å². The van der Waals surface area contributed by atoms with Crippen LogP contribution in [0.4, 0.5) is 0 Å². The third kappa shape index (κ3) is 2.86. The molecular weight excluding hydrogens is 292 g/mol. The van der Waals surface area contributed by atoms with Gasteiger partial charge < -0.3 is 4.52 Å². The van der Waals surface area contributed by atoms with Crippen LogP contribution in [0.15, 0.2) is 58.5 Å². The topological polar surface area (TPSA) is 104 Å². The van der Waals surface area contributed by atoms with E-state index in [1.54, 1.807) is 41.5 Å². The lowest BCUT2D eigenvalue weighted by Gasteiger charge is -2.04. The molecule has 0 aliphatic rings. The molecule has 0 atom stereocenters. The zero-order valence-electron chi connectivity index (χ0n) is 10.9. The number of nitrogens with zero attached hydrogens (tertiary/aromatic N) is 3. The van der Waals surface area contributed by atoms with Crippen LogP contribution in [0.25, 0.3) is 11.1 Å². The Kier molecular flexibility index (Phi) is 3.32. The maximum atomic E-state index is 11.6. The minimum absolute atomic E-state index is 0.0783. The van der Waals surface area contributed by atoms with Crippen molar-refractivity contribution >= 4 is 10.0 Å². The minimum atomic E-state index is -3.78. The van der Waals surface area contributed by atoms with Crippen LogP contribution < -0.4 is 5.14 Å². The molecule has 0 aliphatic heterocycles. The first-order valence-electron chi connectivity index (χ1n) is 6.07. The van der Waals surface area contributed by atoms with Gasteiger partial charge in [0.05, 0.1) is 23.8 Å². The van der Waals surface area contributed by atoms with E-state index in [-0.39, 0.29) is 4.90 Å². The van der Waals surface area contributed by atoms with Crippen LogP contribution in [0.2, 0.25) is 0 Å². The first kappa shape index (κ1) is 13.5. The molecule has 7 nitrogen and oxygen atoms in total. The van der Waals surface area contributed by atoms with E-state index in [1.807, 2.05) is 0 Å². The molecule has 0 radical (unpaired) electrons. The Morgan fingerprint density at radius 2 is 2.05 bits per heavy atom. The summed E-state index contributed by atoms with van der Waals surface area (Å²) in [6.45, 7) is 0.487. The molecule has 0 fully saturated rings. The summed E-state index contributed by atoms with van der Waals surface area (Å²) in [4.78, 5) is 0.0783. The highest BCUT2D eigenvalue weighted by Crippen LogP contribution is 2.26. The molecule has 0 aliphatic carbocycles. The molecule has 1 aromatic carbocycles. The van der Waals surface area contributed by atoms with E-state index in [0.717, 1.165) is 5.56 Å². The summed E-state index contributed by atoms with van der Waals surface area (Å²) < 4.78 is 29.7. The van der Waals surface area contributed by atoms with Gasteiger partial charge in [-0.2, -0.15) is 5.10 Å². The van der Waals surface area contributed by atoms with Crippen LogP contribution in [0.5, 0.6) is 0 Å². The highest BCUT2D eigenvalue weighted by molar-refractivity contribution is 7.89. The van der Waals surface area contributed by atoms with Crippen LogP contribution in [-0.4, -0.2) is 23.4 Å². The maximum Gasteiger partial charge on any atom is 0.238 e. The quantitative estimate of drug-likeness (QED) is 0.780. The van der Waals surface area contributed by atoms with Crippen LogP contribution in [0, 0.1) is 0 Å². The molecule has 2 heterocycles. The van der Waals surface area contributed by atoms with Gasteiger partial charge in [0.25, 0.3) is 0 Å². The van der Waals surface area contributed by atoms with Gasteiger partial charge in [-0.15, -0.1) is 0 Å². The van der Waals surface area contributed by atoms with Gasteiger partial charge in [0.2, 0.25) is 10.0 Å². The number of primary sulfonamides is 1. The Morgan fingerprint density at radius 3 is 2.76 bits per heavy atom. The Hall–Kier alpha value is -2.45. The lowest BCUT2D eigenvalue weighted by molar-refractivity contribution is 0.418. The van der Waals surface area contributed by atoms with Crippen LogP contribution >= 0.6 is 0 Å². The van der Waals surface area contributed by atoms with Gasteiger partial charge in [0.1, 0.15) is 6.26 Å². The lowest BCUT2D eigenvalue weighted by atomic mass is 10.1. The smallest absolute Gasteiger partial charge is 0.238 e. The number of hydrogen-bond acceptors (Lipinski definition) is 5. The van der Waals surface area contributed by atoms with Gasteiger partial charge in [-0.05, 0) is 6.07 Å². The zero-order valence-corrected chi connectivity index (χ0v) is 11.7. The first-order chi connectivity index (χ1) is 10.0. The summed E-state index contributed by atoms with van der Waals surface area (Å²) in [6.07, 6.45) is 6.47. The minimum Gasteiger partial charge on any atom is -0.364 e. The van der Waals surface area contributed by atoms with Gasteiger partial charge in [-0.3, -0.25) is 4.68 Å². The first-order valence-corrected chi connectivity index (χ1v) is 7.61. The fourth-order valence-electron chi connectivity index (χ4n) is 2.03. The zero-order chi connectivity index (χ0) is 14.9. The van der Waals surface area contributed by atoms with Crippen molar-refractivity contribution in [1.82, 2.24) is 14.9 Å². The fourth-order valence-corrected chi connectivity index (χ4v) is 2.79. The van der Waals surface area contributed by atoms with Crippen molar-refractivity contribution in [1.29, 1.82) is 0 Å². The second-order valence-electron chi connectivity index (χ2n) is 4.50. The van der Waals surface area contributed by atoms with Crippen molar-refractivity contribution in [2.75, 3.05) is 0 Å². The SMILES string of the molecule is NS(=O)(=O)c1ccccc1-c1cnn(Cc2cnoc2)c1. The van der Waals surface area contributed by atoms with Gasteiger partial charge in [0, 0.05) is 22.9 Å². The number of benzene rings is 1. The maximum absolute atomic E-state index is 11.6. The molecule has 0 saturated heterocycles. The molecular formula is C13H12N4O3S. The Labute approximate surface area is 121 Å². The monoisotopic (exact) mass is 304 g/mol. The van der Waals surface area contributed by atoms with Crippen molar-refractivity contribution in [2.45, 2.75) is 11.4 Å². The van der Waals surface area contributed by atoms with Crippen LogP contribution in [-0.2, 0) is 16.6 Å². The summed E-state index contributed by atoms with van der Waals surface area (Å²) >= 11 is 0. The molecule has 2 N–H and O–H groups in total. The van der Waals surface area contributed by atoms with E-state index in [0.29, 0.717) is 17.7 Å². The van der Waals surface area contributed by atoms with Crippen molar-refractivity contribution < 1.29 is 12.9 Å². The number of rotatable bonds is 4. The van der Waals surface area contributed by atoms with Gasteiger partial charge in [-0.25, -0.2) is 13.6 Å². The largest absolute Gasteiger partial charge is 0.364 e. The highest BCUT2D eigenvalue weighted by Gasteiger charge is 2.15. The average molecular weight is 304 g/mol. The van der Waals surface area contributed by atoms with Gasteiger partial charge in [0.15, 0.2) is 0 Å². The summed E-state index contributed by atoms with van der Waals surface area (Å²) in [7, 11) is -3.78. The fraction of sp³-hybridized carbons (Fsp3) is 0.0769. The van der Waals surface area contributed by atoms with Crippen molar-refractivity contribution in [2.24, 2.45) is 5.14 Å².